The number of nitrogens with zero attached hydrogens (tertiary/aromatic N) is 1. The van der Waals surface area contributed by atoms with Crippen LogP contribution >= 0.6 is 0 Å². The highest BCUT2D eigenvalue weighted by atomic mass is 16.5. The fourth-order valence-electron chi connectivity index (χ4n) is 3.07. The number of carbonyl (C=O) groups excluding carboxylic acids is 3. The highest BCUT2D eigenvalue weighted by molar-refractivity contribution is 5.91. The number of phenols is 3. The van der Waals surface area contributed by atoms with Crippen molar-refractivity contribution in [3.8, 4) is 17.2 Å². The third-order valence-corrected chi connectivity index (χ3v) is 4.54. The van der Waals surface area contributed by atoms with Gasteiger partial charge in [0.2, 0.25) is 11.8 Å². The first-order chi connectivity index (χ1) is 13.3. The Morgan fingerprint density at radius 3 is 2.25 bits per heavy atom. The van der Waals surface area contributed by atoms with Crippen LogP contribution in [0.25, 0.3) is 0 Å². The van der Waals surface area contributed by atoms with Gasteiger partial charge in [0, 0.05) is 19.5 Å². The summed E-state index contributed by atoms with van der Waals surface area (Å²) >= 11 is 0. The van der Waals surface area contributed by atoms with Gasteiger partial charge in [0.05, 0.1) is 12.2 Å². The Bertz CT molecular complexity index is 706. The van der Waals surface area contributed by atoms with Crippen molar-refractivity contribution < 1.29 is 34.4 Å². The molecule has 1 aromatic carbocycles. The van der Waals surface area contributed by atoms with Crippen molar-refractivity contribution in [1.29, 1.82) is 0 Å². The fourth-order valence-corrected chi connectivity index (χ4v) is 3.07. The average Bonchev–Trinajstić information content (AvgIpc) is 3.13. The zero-order valence-corrected chi connectivity index (χ0v) is 15.8. The number of esters is 1. The lowest BCUT2D eigenvalue weighted by molar-refractivity contribution is -0.135. The van der Waals surface area contributed by atoms with Gasteiger partial charge in [-0.15, -0.1) is 0 Å². The predicted octanol–water partition coefficient (Wildman–Crippen LogP) is 1.26. The summed E-state index contributed by atoms with van der Waals surface area (Å²) in [7, 11) is 0. The van der Waals surface area contributed by atoms with E-state index in [9.17, 15) is 14.4 Å². The largest absolute Gasteiger partial charge is 0.504 e. The topological polar surface area (TPSA) is 136 Å². The number of piperidine rings is 1. The average molecular weight is 394 g/mol. The molecule has 4 N–H and O–H groups in total. The molecule has 2 aliphatic heterocycles. The number of aromatic hydroxyl groups is 3. The van der Waals surface area contributed by atoms with Crippen LogP contribution in [0.2, 0.25) is 0 Å². The first kappa shape index (κ1) is 21.3. The molecule has 0 aliphatic carbocycles. The van der Waals surface area contributed by atoms with Gasteiger partial charge in [-0.25, -0.2) is 4.79 Å². The van der Waals surface area contributed by atoms with Gasteiger partial charge in [0.1, 0.15) is 6.04 Å². The first-order valence-corrected chi connectivity index (χ1v) is 9.33. The number of benzene rings is 1. The van der Waals surface area contributed by atoms with Gasteiger partial charge < -0.3 is 30.3 Å². The molecule has 0 bridgehead atoms. The Hall–Kier alpha value is -2.97. The molecule has 2 aliphatic rings. The molecule has 2 amide bonds. The second kappa shape index (κ2) is 9.82. The lowest BCUT2D eigenvalue weighted by atomic mass is 10.1. The Morgan fingerprint density at radius 1 is 1.14 bits per heavy atom. The molecule has 0 saturated carbocycles. The van der Waals surface area contributed by atoms with E-state index in [1.165, 1.54) is 6.42 Å². The molecule has 9 heteroatoms. The van der Waals surface area contributed by atoms with Gasteiger partial charge in [0.25, 0.3) is 0 Å². The van der Waals surface area contributed by atoms with Crippen molar-refractivity contribution in [3.05, 3.63) is 17.7 Å². The Morgan fingerprint density at radius 2 is 1.75 bits per heavy atom. The van der Waals surface area contributed by atoms with E-state index in [0.717, 1.165) is 38.1 Å². The molecule has 1 aromatic rings. The summed E-state index contributed by atoms with van der Waals surface area (Å²) in [6, 6.07) is 1.81. The number of carbonyl (C=O) groups is 3. The van der Waals surface area contributed by atoms with E-state index >= 15 is 0 Å². The number of ether oxygens (including phenoxy) is 1. The molecule has 1 atom stereocenters. The number of amides is 2. The summed E-state index contributed by atoms with van der Waals surface area (Å²) in [5, 5.41) is 29.9. The van der Waals surface area contributed by atoms with Crippen molar-refractivity contribution in [2.24, 2.45) is 0 Å². The SMILES string of the molecule is CCOC(=O)c1cc(O)c(O)c(O)c1.O=C1CC[C@H](C(=O)N2CCCCC2)N1. The van der Waals surface area contributed by atoms with Gasteiger partial charge in [0.15, 0.2) is 17.2 Å². The van der Waals surface area contributed by atoms with Gasteiger partial charge in [-0.1, -0.05) is 0 Å². The molecule has 28 heavy (non-hydrogen) atoms. The standard InChI is InChI=1S/C10H16N2O2.C9H10O5/c13-9-5-4-8(11-9)10(14)12-6-2-1-3-7-12;1-2-14-9(13)5-3-6(10)8(12)7(11)4-5/h8H,1-7H2,(H,11,13);3-4,10-12H,2H2,1H3/t8-;/m1./s1. The third-order valence-electron chi connectivity index (χ3n) is 4.54. The second-order valence-corrected chi connectivity index (χ2v) is 6.63. The number of likely N-dealkylation sites (tertiary alicyclic amines) is 1. The van der Waals surface area contributed by atoms with Gasteiger partial charge in [-0.3, -0.25) is 9.59 Å². The van der Waals surface area contributed by atoms with Gasteiger partial charge in [-0.05, 0) is 44.7 Å². The monoisotopic (exact) mass is 394 g/mol. The zero-order valence-electron chi connectivity index (χ0n) is 15.8. The number of phenolic OH excluding ortho intramolecular Hbond substituents is 3. The minimum Gasteiger partial charge on any atom is -0.504 e. The minimum atomic E-state index is -0.668. The van der Waals surface area contributed by atoms with E-state index in [2.05, 4.69) is 10.1 Å². The molecule has 0 unspecified atom stereocenters. The fraction of sp³-hybridized carbons (Fsp3) is 0.526. The van der Waals surface area contributed by atoms with Gasteiger partial charge >= 0.3 is 5.97 Å². The molecule has 2 heterocycles. The lowest BCUT2D eigenvalue weighted by Crippen LogP contribution is -2.46. The smallest absolute Gasteiger partial charge is 0.338 e. The molecule has 2 saturated heterocycles. The van der Waals surface area contributed by atoms with Crippen LogP contribution in [-0.2, 0) is 14.3 Å². The third kappa shape index (κ3) is 5.51. The quantitative estimate of drug-likeness (QED) is 0.447. The molecule has 0 spiro atoms. The molecular weight excluding hydrogens is 368 g/mol. The molecule has 0 radical (unpaired) electrons. The van der Waals surface area contributed by atoms with Crippen LogP contribution in [0.3, 0.4) is 0 Å². The summed E-state index contributed by atoms with van der Waals surface area (Å²) in [5.41, 5.74) is -0.0142. The van der Waals surface area contributed by atoms with Crippen LogP contribution in [0.5, 0.6) is 17.2 Å². The van der Waals surface area contributed by atoms with Crippen molar-refractivity contribution in [2.45, 2.75) is 45.1 Å². The van der Waals surface area contributed by atoms with E-state index in [0.29, 0.717) is 12.8 Å². The molecule has 3 rings (SSSR count). The van der Waals surface area contributed by atoms with Crippen LogP contribution < -0.4 is 5.32 Å². The van der Waals surface area contributed by atoms with E-state index in [-0.39, 0.29) is 30.0 Å². The normalized spacial score (nSPS) is 18.7. The molecule has 154 valence electrons. The van der Waals surface area contributed by atoms with Crippen LogP contribution in [0.15, 0.2) is 12.1 Å². The van der Waals surface area contributed by atoms with E-state index in [4.69, 9.17) is 15.3 Å². The maximum Gasteiger partial charge on any atom is 0.338 e. The van der Waals surface area contributed by atoms with Crippen LogP contribution in [0.1, 0.15) is 49.4 Å². The first-order valence-electron chi connectivity index (χ1n) is 9.33. The lowest BCUT2D eigenvalue weighted by Gasteiger charge is -2.28. The number of hydrogen-bond acceptors (Lipinski definition) is 7. The molecule has 0 aromatic heterocycles. The van der Waals surface area contributed by atoms with Crippen molar-refractivity contribution in [3.63, 3.8) is 0 Å². The van der Waals surface area contributed by atoms with Crippen molar-refractivity contribution in [1.82, 2.24) is 10.2 Å². The van der Waals surface area contributed by atoms with E-state index < -0.39 is 23.2 Å². The highest BCUT2D eigenvalue weighted by Crippen LogP contribution is 2.35. The summed E-state index contributed by atoms with van der Waals surface area (Å²) in [6.45, 7) is 3.57. The van der Waals surface area contributed by atoms with Gasteiger partial charge in [-0.2, -0.15) is 0 Å². The summed E-state index contributed by atoms with van der Waals surface area (Å²) in [5.74, 6) is -2.31. The second-order valence-electron chi connectivity index (χ2n) is 6.63. The Balaban J connectivity index is 0.000000200. The van der Waals surface area contributed by atoms with Crippen molar-refractivity contribution >= 4 is 17.8 Å². The van der Waals surface area contributed by atoms with Crippen LogP contribution in [-0.4, -0.2) is 63.7 Å². The number of hydrogen-bond donors (Lipinski definition) is 4. The Kier molecular flexibility index (Phi) is 7.48. The highest BCUT2D eigenvalue weighted by Gasteiger charge is 2.31. The Labute approximate surface area is 162 Å². The predicted molar refractivity (Wildman–Crippen MR) is 99.0 cm³/mol. The van der Waals surface area contributed by atoms with E-state index in [1.54, 1.807) is 6.92 Å². The maximum atomic E-state index is 11.9. The molecule has 2 fully saturated rings. The number of nitrogens with one attached hydrogen (secondary N) is 1. The minimum absolute atomic E-state index is 0.0142. The maximum absolute atomic E-state index is 11.9. The molecule has 9 nitrogen and oxygen atoms in total. The zero-order chi connectivity index (χ0) is 20.7. The van der Waals surface area contributed by atoms with Crippen LogP contribution in [0, 0.1) is 0 Å². The molecular formula is C19H26N2O7. The summed E-state index contributed by atoms with van der Waals surface area (Å²) < 4.78 is 4.63. The summed E-state index contributed by atoms with van der Waals surface area (Å²) in [6.07, 6.45) is 4.61. The van der Waals surface area contributed by atoms with Crippen LogP contribution in [0.4, 0.5) is 0 Å². The van der Waals surface area contributed by atoms with E-state index in [1.807, 2.05) is 4.90 Å². The summed E-state index contributed by atoms with van der Waals surface area (Å²) in [4.78, 5) is 35.8. The van der Waals surface area contributed by atoms with Crippen molar-refractivity contribution in [2.75, 3.05) is 19.7 Å². The number of rotatable bonds is 3.